The number of furan rings is 1. The molecule has 1 aliphatic rings. The molecule has 1 aromatic rings. The molecule has 5 heteroatoms. The summed E-state index contributed by atoms with van der Waals surface area (Å²) in [5, 5.41) is 3.48. The van der Waals surface area contributed by atoms with Gasteiger partial charge in [-0.1, -0.05) is 19.3 Å². The van der Waals surface area contributed by atoms with Crippen LogP contribution >= 0.6 is 11.8 Å². The smallest absolute Gasteiger partial charge is 0.374 e. The first-order chi connectivity index (χ1) is 9.71. The van der Waals surface area contributed by atoms with Crippen LogP contribution in [-0.4, -0.2) is 30.6 Å². The van der Waals surface area contributed by atoms with Crippen LogP contribution in [0.5, 0.6) is 0 Å². The molecule has 1 heterocycles. The van der Waals surface area contributed by atoms with Gasteiger partial charge in [0, 0.05) is 23.4 Å². The third-order valence-electron chi connectivity index (χ3n) is 4.08. The molecule has 2 rings (SSSR count). The van der Waals surface area contributed by atoms with Gasteiger partial charge in [-0.05, 0) is 25.2 Å². The lowest BCUT2D eigenvalue weighted by Crippen LogP contribution is -2.39. The van der Waals surface area contributed by atoms with E-state index in [0.29, 0.717) is 17.1 Å². The minimum Gasteiger partial charge on any atom is -0.463 e. The van der Waals surface area contributed by atoms with Crippen LogP contribution in [0.2, 0.25) is 0 Å². The number of thioether (sulfide) groups is 1. The van der Waals surface area contributed by atoms with E-state index in [9.17, 15) is 4.79 Å². The second kappa shape index (κ2) is 7.18. The average Bonchev–Trinajstić information content (AvgIpc) is 2.96. The second-order valence-corrected chi connectivity index (χ2v) is 6.59. The molecule has 112 valence electrons. The summed E-state index contributed by atoms with van der Waals surface area (Å²) in [7, 11) is 1.37. The molecular formula is C15H23NO3S. The maximum Gasteiger partial charge on any atom is 0.374 e. The van der Waals surface area contributed by atoms with Crippen LogP contribution < -0.4 is 5.32 Å². The van der Waals surface area contributed by atoms with Gasteiger partial charge in [-0.2, -0.15) is 11.8 Å². The summed E-state index contributed by atoms with van der Waals surface area (Å²) in [6, 6.07) is 1.83. The highest BCUT2D eigenvalue weighted by Gasteiger charge is 2.30. The number of methoxy groups -OCH3 is 1. The lowest BCUT2D eigenvalue weighted by molar-refractivity contribution is 0.0563. The van der Waals surface area contributed by atoms with Gasteiger partial charge in [0.15, 0.2) is 0 Å². The van der Waals surface area contributed by atoms with E-state index in [1.165, 1.54) is 45.5 Å². The fraction of sp³-hybridized carbons (Fsp3) is 0.667. The number of carbonyl (C=O) groups is 1. The maximum atomic E-state index is 11.5. The van der Waals surface area contributed by atoms with Gasteiger partial charge < -0.3 is 14.5 Å². The predicted molar refractivity (Wildman–Crippen MR) is 81.1 cm³/mol. The standard InChI is InChI=1S/C15H23NO3S/c1-18-14(17)13-12(6-9-19-13)10-16-11-15(20-2)7-4-3-5-8-15/h6,9,16H,3-5,7-8,10-11H2,1-2H3. The molecule has 0 atom stereocenters. The van der Waals surface area contributed by atoms with Gasteiger partial charge in [-0.25, -0.2) is 4.79 Å². The first-order valence-corrected chi connectivity index (χ1v) is 8.34. The van der Waals surface area contributed by atoms with Crippen LogP contribution in [-0.2, 0) is 11.3 Å². The SMILES string of the molecule is COC(=O)c1occc1CNCC1(SC)CCCCC1. The highest BCUT2D eigenvalue weighted by Crippen LogP contribution is 2.38. The van der Waals surface area contributed by atoms with Crippen LogP contribution in [0.4, 0.5) is 0 Å². The van der Waals surface area contributed by atoms with Crippen LogP contribution in [0.1, 0.15) is 48.2 Å². The summed E-state index contributed by atoms with van der Waals surface area (Å²) >= 11 is 1.97. The fourth-order valence-corrected chi connectivity index (χ4v) is 3.76. The molecule has 1 saturated carbocycles. The summed E-state index contributed by atoms with van der Waals surface area (Å²) in [5.41, 5.74) is 0.865. The number of carbonyl (C=O) groups excluding carboxylic acids is 1. The second-order valence-electron chi connectivity index (χ2n) is 5.32. The van der Waals surface area contributed by atoms with Crippen molar-refractivity contribution >= 4 is 17.7 Å². The molecule has 0 spiro atoms. The Morgan fingerprint density at radius 2 is 2.20 bits per heavy atom. The molecule has 0 unspecified atom stereocenters. The molecule has 1 aliphatic carbocycles. The van der Waals surface area contributed by atoms with Gasteiger partial charge in [0.05, 0.1) is 13.4 Å². The highest BCUT2D eigenvalue weighted by atomic mass is 32.2. The summed E-state index contributed by atoms with van der Waals surface area (Å²) in [6.45, 7) is 1.61. The number of rotatable bonds is 6. The molecule has 1 aromatic heterocycles. The molecule has 0 radical (unpaired) electrons. The summed E-state index contributed by atoms with van der Waals surface area (Å²) in [5.74, 6) is -0.106. The molecule has 4 nitrogen and oxygen atoms in total. The molecule has 1 fully saturated rings. The maximum absolute atomic E-state index is 11.5. The molecule has 0 aliphatic heterocycles. The topological polar surface area (TPSA) is 51.5 Å². The number of hydrogen-bond acceptors (Lipinski definition) is 5. The Morgan fingerprint density at radius 3 is 2.85 bits per heavy atom. The quantitative estimate of drug-likeness (QED) is 0.817. The van der Waals surface area contributed by atoms with Crippen molar-refractivity contribution in [3.05, 3.63) is 23.7 Å². The van der Waals surface area contributed by atoms with Crippen molar-refractivity contribution in [3.63, 3.8) is 0 Å². The minimum atomic E-state index is -0.413. The lowest BCUT2D eigenvalue weighted by Gasteiger charge is -2.36. The third-order valence-corrected chi connectivity index (χ3v) is 5.50. The molecule has 20 heavy (non-hydrogen) atoms. The molecule has 0 bridgehead atoms. The van der Waals surface area contributed by atoms with Crippen LogP contribution in [0.25, 0.3) is 0 Å². The van der Waals surface area contributed by atoms with Crippen molar-refractivity contribution in [2.75, 3.05) is 19.9 Å². The van der Waals surface area contributed by atoms with Gasteiger partial charge in [-0.15, -0.1) is 0 Å². The highest BCUT2D eigenvalue weighted by molar-refractivity contribution is 8.00. The zero-order chi connectivity index (χ0) is 14.4. The van der Waals surface area contributed by atoms with Gasteiger partial charge in [0.25, 0.3) is 0 Å². The van der Waals surface area contributed by atoms with E-state index >= 15 is 0 Å². The summed E-state index contributed by atoms with van der Waals surface area (Å²) < 4.78 is 10.3. The largest absolute Gasteiger partial charge is 0.463 e. The first-order valence-electron chi connectivity index (χ1n) is 7.11. The third kappa shape index (κ3) is 3.58. The van der Waals surface area contributed by atoms with Crippen molar-refractivity contribution in [2.45, 2.75) is 43.4 Å². The minimum absolute atomic E-state index is 0.307. The van der Waals surface area contributed by atoms with E-state index < -0.39 is 5.97 Å². The Bertz CT molecular complexity index is 438. The van der Waals surface area contributed by atoms with Crippen LogP contribution in [0.15, 0.2) is 16.7 Å². The molecule has 0 aromatic carbocycles. The van der Waals surface area contributed by atoms with E-state index in [2.05, 4.69) is 11.6 Å². The zero-order valence-electron chi connectivity index (χ0n) is 12.2. The predicted octanol–water partition coefficient (Wildman–Crippen LogP) is 3.22. The summed E-state index contributed by atoms with van der Waals surface area (Å²) in [6.07, 6.45) is 10.3. The normalized spacial score (nSPS) is 17.9. The lowest BCUT2D eigenvalue weighted by atomic mass is 9.88. The molecular weight excluding hydrogens is 274 g/mol. The fourth-order valence-electron chi connectivity index (χ4n) is 2.82. The van der Waals surface area contributed by atoms with E-state index in [1.54, 1.807) is 0 Å². The van der Waals surface area contributed by atoms with Gasteiger partial charge >= 0.3 is 5.97 Å². The molecule has 0 amide bonds. The van der Waals surface area contributed by atoms with Crippen molar-refractivity contribution < 1.29 is 13.9 Å². The number of esters is 1. The Hall–Kier alpha value is -0.940. The monoisotopic (exact) mass is 297 g/mol. The van der Waals surface area contributed by atoms with E-state index in [-0.39, 0.29) is 0 Å². The van der Waals surface area contributed by atoms with Crippen molar-refractivity contribution in [3.8, 4) is 0 Å². The van der Waals surface area contributed by atoms with Crippen LogP contribution in [0.3, 0.4) is 0 Å². The number of nitrogens with one attached hydrogen (secondary N) is 1. The summed E-state index contributed by atoms with van der Waals surface area (Å²) in [4.78, 5) is 11.5. The van der Waals surface area contributed by atoms with Crippen molar-refractivity contribution in [1.29, 1.82) is 0 Å². The van der Waals surface area contributed by atoms with Gasteiger partial charge in [0.2, 0.25) is 5.76 Å². The Labute approximate surface area is 124 Å². The van der Waals surface area contributed by atoms with E-state index in [0.717, 1.165) is 12.1 Å². The molecule has 0 saturated heterocycles. The van der Waals surface area contributed by atoms with Gasteiger partial charge in [0.1, 0.15) is 0 Å². The van der Waals surface area contributed by atoms with E-state index in [1.807, 2.05) is 17.8 Å². The first kappa shape index (κ1) is 15.4. The average molecular weight is 297 g/mol. The Balaban J connectivity index is 1.89. The van der Waals surface area contributed by atoms with Crippen molar-refractivity contribution in [2.24, 2.45) is 0 Å². The number of hydrogen-bond donors (Lipinski definition) is 1. The Morgan fingerprint density at radius 1 is 1.45 bits per heavy atom. The van der Waals surface area contributed by atoms with Gasteiger partial charge in [-0.3, -0.25) is 0 Å². The Kier molecular flexibility index (Phi) is 5.54. The molecule has 1 N–H and O–H groups in total. The van der Waals surface area contributed by atoms with Crippen molar-refractivity contribution in [1.82, 2.24) is 5.32 Å². The zero-order valence-corrected chi connectivity index (χ0v) is 13.1. The van der Waals surface area contributed by atoms with E-state index in [4.69, 9.17) is 9.15 Å². The van der Waals surface area contributed by atoms with Crippen LogP contribution in [0, 0.1) is 0 Å². The number of ether oxygens (including phenoxy) is 1.